The maximum atomic E-state index is 6.14. The second kappa shape index (κ2) is 10.0. The molecule has 0 saturated heterocycles. The summed E-state index contributed by atoms with van der Waals surface area (Å²) in [7, 11) is 1.68. The molecule has 108 valence electrons. The Morgan fingerprint density at radius 3 is 2.11 bits per heavy atom. The van der Waals surface area contributed by atoms with Crippen molar-refractivity contribution < 1.29 is 14.2 Å². The fourth-order valence-electron chi connectivity index (χ4n) is 2.51. The molecule has 1 aliphatic carbocycles. The van der Waals surface area contributed by atoms with Crippen molar-refractivity contribution in [1.82, 2.24) is 0 Å². The highest BCUT2D eigenvalue weighted by atomic mass is 35.5. The number of methoxy groups -OCH3 is 1. The first-order valence-corrected chi connectivity index (χ1v) is 7.57. The summed E-state index contributed by atoms with van der Waals surface area (Å²) in [5.41, 5.74) is 0.344. The monoisotopic (exact) mass is 278 g/mol. The first kappa shape index (κ1) is 16.2. The van der Waals surface area contributed by atoms with Crippen molar-refractivity contribution in [1.29, 1.82) is 0 Å². The lowest BCUT2D eigenvalue weighted by Gasteiger charge is -2.35. The molecule has 1 aliphatic rings. The number of halogens is 1. The lowest BCUT2D eigenvalue weighted by Crippen LogP contribution is -2.28. The Morgan fingerprint density at radius 2 is 1.50 bits per heavy atom. The van der Waals surface area contributed by atoms with Crippen LogP contribution in [0.5, 0.6) is 0 Å². The number of alkyl halides is 1. The van der Waals surface area contributed by atoms with E-state index >= 15 is 0 Å². The zero-order valence-corrected chi connectivity index (χ0v) is 12.3. The summed E-state index contributed by atoms with van der Waals surface area (Å²) in [6.07, 6.45) is 7.65. The molecule has 0 N–H and O–H groups in total. The number of ether oxygens (including phenoxy) is 3. The van der Waals surface area contributed by atoms with Gasteiger partial charge in [-0.15, -0.1) is 11.6 Å². The van der Waals surface area contributed by atoms with E-state index in [1.54, 1.807) is 7.11 Å². The molecule has 0 heterocycles. The number of hydrogen-bond donors (Lipinski definition) is 0. The number of hydrogen-bond acceptors (Lipinski definition) is 3. The zero-order chi connectivity index (χ0) is 13.1. The van der Waals surface area contributed by atoms with E-state index in [1.807, 2.05) is 0 Å². The van der Waals surface area contributed by atoms with Gasteiger partial charge in [-0.1, -0.05) is 19.3 Å². The van der Waals surface area contributed by atoms with Crippen molar-refractivity contribution >= 4 is 11.6 Å². The Morgan fingerprint density at radius 1 is 0.889 bits per heavy atom. The van der Waals surface area contributed by atoms with Crippen molar-refractivity contribution in [3.05, 3.63) is 0 Å². The molecule has 0 aliphatic heterocycles. The molecule has 0 aromatic rings. The minimum Gasteiger partial charge on any atom is -0.382 e. The zero-order valence-electron chi connectivity index (χ0n) is 11.6. The third-order valence-electron chi connectivity index (χ3n) is 3.78. The Balaban J connectivity index is 1.98. The lowest BCUT2D eigenvalue weighted by atomic mass is 9.73. The molecule has 0 bridgehead atoms. The van der Waals surface area contributed by atoms with Crippen LogP contribution in [-0.2, 0) is 14.2 Å². The van der Waals surface area contributed by atoms with Gasteiger partial charge in [0.2, 0.25) is 0 Å². The van der Waals surface area contributed by atoms with Gasteiger partial charge in [-0.2, -0.15) is 0 Å². The molecule has 4 heteroatoms. The standard InChI is InChI=1S/C14H27ClO3/c1-16-9-10-18-12-11-17-8-7-14(13-15)5-3-2-4-6-14/h2-13H2,1H3. The van der Waals surface area contributed by atoms with Crippen LogP contribution in [0, 0.1) is 5.41 Å². The summed E-state index contributed by atoms with van der Waals surface area (Å²) >= 11 is 6.14. The average molecular weight is 279 g/mol. The molecule has 0 atom stereocenters. The van der Waals surface area contributed by atoms with Crippen LogP contribution in [0.25, 0.3) is 0 Å². The van der Waals surface area contributed by atoms with Crippen LogP contribution < -0.4 is 0 Å². The molecule has 0 amide bonds. The van der Waals surface area contributed by atoms with E-state index in [4.69, 9.17) is 25.8 Å². The summed E-state index contributed by atoms with van der Waals surface area (Å²) in [5, 5.41) is 0. The third-order valence-corrected chi connectivity index (χ3v) is 4.35. The largest absolute Gasteiger partial charge is 0.382 e. The summed E-state index contributed by atoms with van der Waals surface area (Å²) in [6.45, 7) is 3.42. The van der Waals surface area contributed by atoms with Crippen molar-refractivity contribution in [2.45, 2.75) is 38.5 Å². The fraction of sp³-hybridized carbons (Fsp3) is 1.00. The SMILES string of the molecule is COCCOCCOCCC1(CCl)CCCCC1. The molecule has 0 aromatic heterocycles. The first-order chi connectivity index (χ1) is 8.83. The third kappa shape index (κ3) is 6.37. The van der Waals surface area contributed by atoms with Crippen LogP contribution in [0.3, 0.4) is 0 Å². The van der Waals surface area contributed by atoms with Gasteiger partial charge in [0, 0.05) is 19.6 Å². The van der Waals surface area contributed by atoms with Gasteiger partial charge in [-0.3, -0.25) is 0 Å². The van der Waals surface area contributed by atoms with Gasteiger partial charge in [0.25, 0.3) is 0 Å². The molecule has 3 nitrogen and oxygen atoms in total. The summed E-state index contributed by atoms with van der Waals surface area (Å²) in [4.78, 5) is 0. The van der Waals surface area contributed by atoms with Gasteiger partial charge in [0.1, 0.15) is 0 Å². The van der Waals surface area contributed by atoms with Crippen molar-refractivity contribution in [3.8, 4) is 0 Å². The molecular formula is C14H27ClO3. The molecule has 0 spiro atoms. The van der Waals surface area contributed by atoms with Crippen LogP contribution in [-0.4, -0.2) is 46.0 Å². The minimum atomic E-state index is 0.344. The second-order valence-electron chi connectivity index (χ2n) is 5.16. The quantitative estimate of drug-likeness (QED) is 0.454. The highest BCUT2D eigenvalue weighted by molar-refractivity contribution is 6.18. The predicted octanol–water partition coefficient (Wildman–Crippen LogP) is 3.25. The second-order valence-corrected chi connectivity index (χ2v) is 5.43. The Hall–Kier alpha value is 0.170. The van der Waals surface area contributed by atoms with E-state index in [0.29, 0.717) is 31.8 Å². The minimum absolute atomic E-state index is 0.344. The molecule has 1 fully saturated rings. The van der Waals surface area contributed by atoms with Gasteiger partial charge in [0.05, 0.1) is 26.4 Å². The van der Waals surface area contributed by atoms with Crippen LogP contribution >= 0.6 is 11.6 Å². The average Bonchev–Trinajstić information content (AvgIpc) is 2.43. The Kier molecular flexibility index (Phi) is 9.03. The predicted molar refractivity (Wildman–Crippen MR) is 74.4 cm³/mol. The Bertz CT molecular complexity index is 193. The normalized spacial score (nSPS) is 19.0. The molecule has 0 aromatic carbocycles. The summed E-state index contributed by atoms with van der Waals surface area (Å²) in [5.74, 6) is 0.778. The molecule has 1 saturated carbocycles. The van der Waals surface area contributed by atoms with E-state index in [2.05, 4.69) is 0 Å². The number of rotatable bonds is 10. The molecule has 0 radical (unpaired) electrons. The van der Waals surface area contributed by atoms with Gasteiger partial charge in [-0.25, -0.2) is 0 Å². The smallest absolute Gasteiger partial charge is 0.0701 e. The summed E-state index contributed by atoms with van der Waals surface area (Å²) < 4.78 is 15.9. The van der Waals surface area contributed by atoms with E-state index < -0.39 is 0 Å². The molecule has 1 rings (SSSR count). The van der Waals surface area contributed by atoms with Gasteiger partial charge in [0.15, 0.2) is 0 Å². The van der Waals surface area contributed by atoms with E-state index in [9.17, 15) is 0 Å². The van der Waals surface area contributed by atoms with E-state index in [-0.39, 0.29) is 0 Å². The van der Waals surface area contributed by atoms with Crippen molar-refractivity contribution in [3.63, 3.8) is 0 Å². The molecular weight excluding hydrogens is 252 g/mol. The maximum absolute atomic E-state index is 6.14. The summed E-state index contributed by atoms with van der Waals surface area (Å²) in [6, 6.07) is 0. The Labute approximate surface area is 116 Å². The van der Waals surface area contributed by atoms with Gasteiger partial charge < -0.3 is 14.2 Å². The van der Waals surface area contributed by atoms with Crippen LogP contribution in [0.4, 0.5) is 0 Å². The topological polar surface area (TPSA) is 27.7 Å². The lowest BCUT2D eigenvalue weighted by molar-refractivity contribution is 0.0149. The van der Waals surface area contributed by atoms with E-state index in [0.717, 1.165) is 18.9 Å². The van der Waals surface area contributed by atoms with Crippen LogP contribution in [0.2, 0.25) is 0 Å². The highest BCUT2D eigenvalue weighted by Crippen LogP contribution is 2.40. The molecule has 0 unspecified atom stereocenters. The maximum Gasteiger partial charge on any atom is 0.0701 e. The van der Waals surface area contributed by atoms with Gasteiger partial charge >= 0.3 is 0 Å². The van der Waals surface area contributed by atoms with Crippen LogP contribution in [0.15, 0.2) is 0 Å². The first-order valence-electron chi connectivity index (χ1n) is 7.03. The fourth-order valence-corrected chi connectivity index (χ4v) is 2.91. The van der Waals surface area contributed by atoms with Crippen molar-refractivity contribution in [2.75, 3.05) is 46.0 Å². The van der Waals surface area contributed by atoms with Gasteiger partial charge in [-0.05, 0) is 24.7 Å². The highest BCUT2D eigenvalue weighted by Gasteiger charge is 2.30. The molecule has 18 heavy (non-hydrogen) atoms. The van der Waals surface area contributed by atoms with Crippen LogP contribution in [0.1, 0.15) is 38.5 Å². The van der Waals surface area contributed by atoms with E-state index in [1.165, 1.54) is 32.1 Å². The van der Waals surface area contributed by atoms with Crippen molar-refractivity contribution in [2.24, 2.45) is 5.41 Å².